The molecule has 0 fully saturated rings. The van der Waals surface area contributed by atoms with Crippen molar-refractivity contribution in [2.75, 3.05) is 5.32 Å². The van der Waals surface area contributed by atoms with Gasteiger partial charge in [0.15, 0.2) is 0 Å². The Balaban J connectivity index is 1.99. The zero-order chi connectivity index (χ0) is 27.8. The van der Waals surface area contributed by atoms with Crippen LogP contribution in [0.15, 0.2) is 79.4 Å². The Morgan fingerprint density at radius 1 is 0.947 bits per heavy atom. The summed E-state index contributed by atoms with van der Waals surface area (Å²) in [5.74, 6) is 0.551. The van der Waals surface area contributed by atoms with E-state index in [4.69, 9.17) is 0 Å². The Morgan fingerprint density at radius 2 is 1.68 bits per heavy atom. The first-order chi connectivity index (χ1) is 18.1. The molecule has 1 atom stereocenters. The molecule has 0 bridgehead atoms. The second kappa shape index (κ2) is 13.3. The molecule has 38 heavy (non-hydrogen) atoms. The topological polar surface area (TPSA) is 12.0 Å². The van der Waals surface area contributed by atoms with Crippen LogP contribution in [0.1, 0.15) is 91.6 Å². The Labute approximate surface area is 231 Å². The normalized spacial score (nSPS) is 13.3. The largest absolute Gasteiger partial charge is 0.378 e. The predicted octanol–water partition coefficient (Wildman–Crippen LogP) is 11.0. The summed E-state index contributed by atoms with van der Waals surface area (Å²) in [6, 6.07) is 20.0. The van der Waals surface area contributed by atoms with Gasteiger partial charge >= 0.3 is 0 Å². The lowest BCUT2D eigenvalue weighted by Gasteiger charge is -2.22. The molecule has 0 amide bonds. The second-order valence-corrected chi connectivity index (χ2v) is 10.8. The molecule has 1 heteroatoms. The molecule has 0 aliphatic heterocycles. The first-order valence-corrected chi connectivity index (χ1v) is 13.9. The van der Waals surface area contributed by atoms with Gasteiger partial charge in [0.25, 0.3) is 0 Å². The lowest BCUT2D eigenvalue weighted by molar-refractivity contribution is 0.836. The summed E-state index contributed by atoms with van der Waals surface area (Å²) in [6.07, 6.45) is 12.1. The number of para-hydroxylation sites is 1. The van der Waals surface area contributed by atoms with Gasteiger partial charge in [-0.15, -0.1) is 0 Å². The van der Waals surface area contributed by atoms with Crippen molar-refractivity contribution in [1.82, 2.24) is 0 Å². The molecule has 1 nitrogen and oxygen atoms in total. The first kappa shape index (κ1) is 29.0. The maximum atomic E-state index is 3.98. The maximum absolute atomic E-state index is 3.98. The van der Waals surface area contributed by atoms with Crippen molar-refractivity contribution in [3.8, 4) is 0 Å². The van der Waals surface area contributed by atoms with Gasteiger partial charge in [-0.1, -0.05) is 112 Å². The van der Waals surface area contributed by atoms with Crippen LogP contribution in [0.3, 0.4) is 0 Å². The van der Waals surface area contributed by atoms with Crippen molar-refractivity contribution in [3.63, 3.8) is 0 Å². The Bertz CT molecular complexity index is 1360. The molecule has 1 N–H and O–H groups in total. The molecule has 0 radical (unpaired) electrons. The van der Waals surface area contributed by atoms with Crippen LogP contribution in [0.4, 0.5) is 5.69 Å². The quantitative estimate of drug-likeness (QED) is 0.271. The fraction of sp³-hybridized carbons (Fsp3) is 0.297. The third-order valence-corrected chi connectivity index (χ3v) is 7.10. The summed E-state index contributed by atoms with van der Waals surface area (Å²) in [7, 11) is 0. The molecule has 3 aromatic carbocycles. The summed E-state index contributed by atoms with van der Waals surface area (Å²) in [5.41, 5.74) is 13.9. The van der Waals surface area contributed by atoms with Gasteiger partial charge in [-0.3, -0.25) is 0 Å². The molecule has 0 heterocycles. The van der Waals surface area contributed by atoms with Crippen molar-refractivity contribution >= 4 is 29.0 Å². The van der Waals surface area contributed by atoms with Crippen molar-refractivity contribution in [2.45, 2.75) is 67.9 Å². The minimum absolute atomic E-state index is 0.164. The fourth-order valence-corrected chi connectivity index (χ4v) is 4.94. The standard InChI is InChI=1S/C37H45N/c1-10-14-34(24-28(7)33-20-19-32(27(6)23-33)18-17-25(3)4)36-22-26(5)21-35(29(36)8)30(9)38-37-16-13-12-15-31(37)11-2/h11-25,30,38H,2,10H2,1,3-9H3/b18-17-,28-24+,34-14-. The van der Waals surface area contributed by atoms with Crippen LogP contribution in [0, 0.1) is 26.7 Å². The summed E-state index contributed by atoms with van der Waals surface area (Å²) in [5, 5.41) is 3.73. The van der Waals surface area contributed by atoms with E-state index >= 15 is 0 Å². The summed E-state index contributed by atoms with van der Waals surface area (Å²) in [6.45, 7) is 21.8. The molecule has 0 saturated carbocycles. The molecule has 1 unspecified atom stereocenters. The van der Waals surface area contributed by atoms with Gasteiger partial charge in [-0.05, 0) is 103 Å². The minimum Gasteiger partial charge on any atom is -0.378 e. The van der Waals surface area contributed by atoms with E-state index in [1.165, 1.54) is 50.1 Å². The number of anilines is 1. The molecule has 3 rings (SSSR count). The maximum Gasteiger partial charge on any atom is 0.0488 e. The van der Waals surface area contributed by atoms with Crippen LogP contribution in [-0.2, 0) is 0 Å². The van der Waals surface area contributed by atoms with Crippen LogP contribution in [0.5, 0.6) is 0 Å². The van der Waals surface area contributed by atoms with Gasteiger partial charge in [0.1, 0.15) is 0 Å². The average Bonchev–Trinajstić information content (AvgIpc) is 2.88. The number of nitrogens with one attached hydrogen (secondary N) is 1. The predicted molar refractivity (Wildman–Crippen MR) is 171 cm³/mol. The highest BCUT2D eigenvalue weighted by Crippen LogP contribution is 2.33. The summed E-state index contributed by atoms with van der Waals surface area (Å²) < 4.78 is 0. The van der Waals surface area contributed by atoms with Crippen LogP contribution >= 0.6 is 0 Å². The monoisotopic (exact) mass is 503 g/mol. The minimum atomic E-state index is 0.164. The molecule has 198 valence electrons. The van der Waals surface area contributed by atoms with Gasteiger partial charge in [0, 0.05) is 11.7 Å². The van der Waals surface area contributed by atoms with Gasteiger partial charge in [-0.25, -0.2) is 0 Å². The molecular formula is C37H45N. The van der Waals surface area contributed by atoms with E-state index in [0.717, 1.165) is 17.7 Å². The van der Waals surface area contributed by atoms with E-state index in [-0.39, 0.29) is 6.04 Å². The number of hydrogen-bond acceptors (Lipinski definition) is 1. The SMILES string of the molecule is C=Cc1ccccc1NC(C)c1cc(C)cc(C(=C\CC)/C=C(\C)c2ccc(/C=C\C(C)C)c(C)c2)c1C. The zero-order valence-electron chi connectivity index (χ0n) is 24.7. The number of aryl methyl sites for hydroxylation is 2. The average molecular weight is 504 g/mol. The van der Waals surface area contributed by atoms with Gasteiger partial charge in [0.05, 0.1) is 0 Å². The highest BCUT2D eigenvalue weighted by molar-refractivity contribution is 5.85. The van der Waals surface area contributed by atoms with Gasteiger partial charge in [0.2, 0.25) is 0 Å². The van der Waals surface area contributed by atoms with Crippen molar-refractivity contribution < 1.29 is 0 Å². The Morgan fingerprint density at radius 3 is 2.34 bits per heavy atom. The number of allylic oxidation sites excluding steroid dienone is 5. The third kappa shape index (κ3) is 7.25. The highest BCUT2D eigenvalue weighted by Gasteiger charge is 2.15. The lowest BCUT2D eigenvalue weighted by Crippen LogP contribution is -2.10. The van der Waals surface area contributed by atoms with Crippen LogP contribution in [-0.4, -0.2) is 0 Å². The molecule has 0 spiro atoms. The van der Waals surface area contributed by atoms with E-state index < -0.39 is 0 Å². The van der Waals surface area contributed by atoms with Crippen molar-refractivity contribution in [3.05, 3.63) is 124 Å². The van der Waals surface area contributed by atoms with E-state index in [0.29, 0.717) is 5.92 Å². The molecule has 0 aliphatic carbocycles. The van der Waals surface area contributed by atoms with Crippen LogP contribution in [0.2, 0.25) is 0 Å². The Kier molecular flexibility index (Phi) is 10.1. The molecule has 0 saturated heterocycles. The Hall–Kier alpha value is -3.58. The molecule has 0 aromatic heterocycles. The van der Waals surface area contributed by atoms with Gasteiger partial charge < -0.3 is 5.32 Å². The molecule has 0 aliphatic rings. The van der Waals surface area contributed by atoms with E-state index in [2.05, 4.69) is 146 Å². The smallest absolute Gasteiger partial charge is 0.0488 e. The van der Waals surface area contributed by atoms with Crippen molar-refractivity contribution in [2.24, 2.45) is 5.92 Å². The van der Waals surface area contributed by atoms with E-state index in [9.17, 15) is 0 Å². The molecular weight excluding hydrogens is 458 g/mol. The highest BCUT2D eigenvalue weighted by atomic mass is 14.9. The summed E-state index contributed by atoms with van der Waals surface area (Å²) in [4.78, 5) is 0. The van der Waals surface area contributed by atoms with Crippen LogP contribution in [0.25, 0.3) is 23.3 Å². The van der Waals surface area contributed by atoms with Crippen LogP contribution < -0.4 is 5.32 Å². The number of rotatable bonds is 10. The summed E-state index contributed by atoms with van der Waals surface area (Å²) >= 11 is 0. The lowest BCUT2D eigenvalue weighted by atomic mass is 9.89. The first-order valence-electron chi connectivity index (χ1n) is 13.9. The molecule has 3 aromatic rings. The number of hydrogen-bond donors (Lipinski definition) is 1. The van der Waals surface area contributed by atoms with Gasteiger partial charge in [-0.2, -0.15) is 0 Å². The van der Waals surface area contributed by atoms with Crippen molar-refractivity contribution in [1.29, 1.82) is 0 Å². The number of benzene rings is 3. The second-order valence-electron chi connectivity index (χ2n) is 10.8. The fourth-order valence-electron chi connectivity index (χ4n) is 4.94. The van der Waals surface area contributed by atoms with E-state index in [1.54, 1.807) is 0 Å². The zero-order valence-corrected chi connectivity index (χ0v) is 24.7. The third-order valence-electron chi connectivity index (χ3n) is 7.10. The van der Waals surface area contributed by atoms with E-state index in [1.807, 2.05) is 6.08 Å².